The number of likely N-dealkylation sites (tertiary alicyclic amines) is 1. The molecule has 0 atom stereocenters. The van der Waals surface area contributed by atoms with Gasteiger partial charge in [0.25, 0.3) is 5.91 Å². The first kappa shape index (κ1) is 23.7. The first-order valence-corrected chi connectivity index (χ1v) is 11.3. The van der Waals surface area contributed by atoms with Crippen LogP contribution in [0.25, 0.3) is 0 Å². The van der Waals surface area contributed by atoms with Crippen molar-refractivity contribution < 1.29 is 19.2 Å². The molecular weight excluding hydrogens is 404 g/mol. The van der Waals surface area contributed by atoms with E-state index in [2.05, 4.69) is 58.9 Å². The highest BCUT2D eigenvalue weighted by Crippen LogP contribution is 2.41. The fourth-order valence-electron chi connectivity index (χ4n) is 4.22. The van der Waals surface area contributed by atoms with Crippen LogP contribution in [-0.4, -0.2) is 42.2 Å². The van der Waals surface area contributed by atoms with E-state index in [1.807, 2.05) is 12.1 Å². The molecule has 32 heavy (non-hydrogen) atoms. The largest absolute Gasteiger partial charge is 0.340 e. The summed E-state index contributed by atoms with van der Waals surface area (Å²) in [6, 6.07) is 21.3. The first-order valence-electron chi connectivity index (χ1n) is 11.3. The molecule has 1 N–H and O–H groups in total. The summed E-state index contributed by atoms with van der Waals surface area (Å²) in [5, 5.41) is 0. The number of rotatable bonds is 8. The van der Waals surface area contributed by atoms with Gasteiger partial charge < -0.3 is 9.74 Å². The number of hydroxylamine groups is 1. The third-order valence-electron chi connectivity index (χ3n) is 6.26. The number of benzene rings is 2. The number of nitrogens with zero attached hydrogens (tertiary/aromatic N) is 1. The zero-order valence-electron chi connectivity index (χ0n) is 18.9. The van der Waals surface area contributed by atoms with Gasteiger partial charge in [0.15, 0.2) is 0 Å². The van der Waals surface area contributed by atoms with E-state index in [0.29, 0.717) is 6.54 Å². The zero-order chi connectivity index (χ0) is 23.0. The van der Waals surface area contributed by atoms with Crippen LogP contribution in [0.3, 0.4) is 0 Å². The molecule has 0 spiro atoms. The van der Waals surface area contributed by atoms with Gasteiger partial charge in [0, 0.05) is 24.3 Å². The number of amides is 1. The quantitative estimate of drug-likeness (QED) is 0.505. The maximum atomic E-state index is 12.1. The number of hydrogen-bond acceptors (Lipinski definition) is 5. The van der Waals surface area contributed by atoms with Crippen molar-refractivity contribution in [3.63, 3.8) is 0 Å². The molecule has 0 aliphatic carbocycles. The Hall–Kier alpha value is -2.99. The zero-order valence-corrected chi connectivity index (χ0v) is 18.9. The molecule has 0 radical (unpaired) electrons. The normalized spacial score (nSPS) is 15.8. The van der Waals surface area contributed by atoms with Gasteiger partial charge in [-0.25, -0.2) is 4.79 Å². The van der Waals surface area contributed by atoms with E-state index in [1.165, 1.54) is 11.1 Å². The molecule has 6 nitrogen and oxygen atoms in total. The number of hydrogen-bond donors (Lipinski definition) is 1. The average Bonchev–Trinajstić information content (AvgIpc) is 2.82. The molecule has 6 heteroatoms. The van der Waals surface area contributed by atoms with Crippen molar-refractivity contribution in [2.24, 2.45) is 5.92 Å². The third-order valence-corrected chi connectivity index (χ3v) is 6.26. The smallest absolute Gasteiger partial charge is 0.339 e. The summed E-state index contributed by atoms with van der Waals surface area (Å²) < 4.78 is 0. The lowest BCUT2D eigenvalue weighted by Crippen LogP contribution is -2.44. The van der Waals surface area contributed by atoms with Gasteiger partial charge in [-0.1, -0.05) is 74.5 Å². The van der Waals surface area contributed by atoms with Crippen LogP contribution in [0.1, 0.15) is 50.7 Å². The molecule has 2 aromatic rings. The van der Waals surface area contributed by atoms with E-state index >= 15 is 0 Å². The first-order chi connectivity index (χ1) is 15.4. The van der Waals surface area contributed by atoms with Gasteiger partial charge in [-0.2, -0.15) is 5.48 Å². The molecule has 170 valence electrons. The van der Waals surface area contributed by atoms with Gasteiger partial charge in [0.2, 0.25) is 0 Å². The Morgan fingerprint density at radius 1 is 0.938 bits per heavy atom. The van der Waals surface area contributed by atoms with E-state index in [1.54, 1.807) is 13.8 Å². The van der Waals surface area contributed by atoms with Crippen molar-refractivity contribution in [1.29, 1.82) is 0 Å². The van der Waals surface area contributed by atoms with Gasteiger partial charge in [0.05, 0.1) is 0 Å². The van der Waals surface area contributed by atoms with Gasteiger partial charge in [0.1, 0.15) is 12.2 Å². The van der Waals surface area contributed by atoms with Crippen molar-refractivity contribution >= 4 is 17.7 Å². The summed E-state index contributed by atoms with van der Waals surface area (Å²) in [6.45, 7) is 5.78. The summed E-state index contributed by atoms with van der Waals surface area (Å²) in [5.41, 5.74) is 4.79. The molecule has 0 unspecified atom stereocenters. The van der Waals surface area contributed by atoms with Crippen LogP contribution in [0.2, 0.25) is 0 Å². The van der Waals surface area contributed by atoms with Crippen LogP contribution in [0.4, 0.5) is 0 Å². The van der Waals surface area contributed by atoms with Gasteiger partial charge >= 0.3 is 5.97 Å². The van der Waals surface area contributed by atoms with Crippen molar-refractivity contribution in [2.75, 3.05) is 19.6 Å². The van der Waals surface area contributed by atoms with Crippen molar-refractivity contribution in [3.05, 3.63) is 71.8 Å². The fourth-order valence-corrected chi connectivity index (χ4v) is 4.22. The molecule has 3 rings (SSSR count). The lowest BCUT2D eigenvalue weighted by atomic mass is 9.68. The van der Waals surface area contributed by atoms with Crippen LogP contribution in [-0.2, 0) is 24.6 Å². The SMILES string of the molecule is CC(C)C(=O)CC(=O)ONC(=O)CCN1CCC(c2ccccc2)(c2ccccc2)CC1. The lowest BCUT2D eigenvalue weighted by molar-refractivity contribution is -0.159. The Bertz CT molecular complexity index is 862. The number of carbonyl (C=O) groups is 3. The van der Waals surface area contributed by atoms with E-state index < -0.39 is 5.97 Å². The van der Waals surface area contributed by atoms with E-state index in [0.717, 1.165) is 25.9 Å². The molecule has 1 aliphatic rings. The summed E-state index contributed by atoms with van der Waals surface area (Å²) in [6.07, 6.45) is 1.84. The minimum Gasteiger partial charge on any atom is -0.340 e. The highest BCUT2D eigenvalue weighted by molar-refractivity contribution is 5.96. The van der Waals surface area contributed by atoms with Crippen molar-refractivity contribution in [2.45, 2.75) is 44.9 Å². The third kappa shape index (κ3) is 6.04. The Kier molecular flexibility index (Phi) is 8.17. The second-order valence-corrected chi connectivity index (χ2v) is 8.70. The van der Waals surface area contributed by atoms with Crippen molar-refractivity contribution in [3.8, 4) is 0 Å². The molecule has 0 bridgehead atoms. The summed E-state index contributed by atoms with van der Waals surface area (Å²) in [4.78, 5) is 42.3. The van der Waals surface area contributed by atoms with Crippen LogP contribution in [0.15, 0.2) is 60.7 Å². The number of nitrogens with one attached hydrogen (secondary N) is 1. The molecule has 2 aromatic carbocycles. The molecule has 1 saturated heterocycles. The van der Waals surface area contributed by atoms with E-state index in [9.17, 15) is 14.4 Å². The van der Waals surface area contributed by atoms with E-state index in [4.69, 9.17) is 4.84 Å². The maximum absolute atomic E-state index is 12.1. The predicted molar refractivity (Wildman–Crippen MR) is 123 cm³/mol. The highest BCUT2D eigenvalue weighted by atomic mass is 16.7. The number of ketones is 1. The Labute approximate surface area is 189 Å². The minimum atomic E-state index is -0.731. The van der Waals surface area contributed by atoms with Gasteiger partial charge in [-0.15, -0.1) is 0 Å². The van der Waals surface area contributed by atoms with Crippen LogP contribution in [0, 0.1) is 5.92 Å². The number of Topliss-reactive ketones (excluding diaryl/α,β-unsaturated/α-hetero) is 1. The molecule has 1 fully saturated rings. The summed E-state index contributed by atoms with van der Waals surface area (Å²) in [5.74, 6) is -1.54. The Morgan fingerprint density at radius 2 is 1.47 bits per heavy atom. The monoisotopic (exact) mass is 436 g/mol. The highest BCUT2D eigenvalue weighted by Gasteiger charge is 2.37. The number of carbonyl (C=O) groups excluding carboxylic acids is 3. The van der Waals surface area contributed by atoms with E-state index in [-0.39, 0.29) is 35.9 Å². The fraction of sp³-hybridized carbons (Fsp3) is 0.423. The van der Waals surface area contributed by atoms with Gasteiger partial charge in [-0.05, 0) is 37.1 Å². The molecule has 1 amide bonds. The van der Waals surface area contributed by atoms with Crippen LogP contribution in [0.5, 0.6) is 0 Å². The molecular formula is C26H32N2O4. The Balaban J connectivity index is 1.51. The van der Waals surface area contributed by atoms with Gasteiger partial charge in [-0.3, -0.25) is 9.59 Å². The molecule has 1 aliphatic heterocycles. The van der Waals surface area contributed by atoms with Crippen molar-refractivity contribution in [1.82, 2.24) is 10.4 Å². The molecule has 0 saturated carbocycles. The average molecular weight is 437 g/mol. The predicted octanol–water partition coefficient (Wildman–Crippen LogP) is 3.65. The standard InChI is InChI=1S/C26H32N2O4/c1-20(2)23(29)19-25(31)32-27-24(30)13-16-28-17-14-26(15-18-28,21-9-5-3-6-10-21)22-11-7-4-8-12-22/h3-12,20H,13-19H2,1-2H3,(H,27,30). The number of piperidine rings is 1. The molecule has 0 aromatic heterocycles. The maximum Gasteiger partial charge on any atom is 0.339 e. The van der Waals surface area contributed by atoms with Crippen LogP contribution >= 0.6 is 0 Å². The summed E-state index contributed by atoms with van der Waals surface area (Å²) in [7, 11) is 0. The summed E-state index contributed by atoms with van der Waals surface area (Å²) >= 11 is 0. The Morgan fingerprint density at radius 3 is 1.97 bits per heavy atom. The topological polar surface area (TPSA) is 75.7 Å². The van der Waals surface area contributed by atoms with Crippen LogP contribution < -0.4 is 5.48 Å². The molecule has 1 heterocycles. The minimum absolute atomic E-state index is 0.0280. The second kappa shape index (κ2) is 11.0. The second-order valence-electron chi connectivity index (χ2n) is 8.70. The lowest BCUT2D eigenvalue weighted by Gasteiger charge is -2.43.